The summed E-state index contributed by atoms with van der Waals surface area (Å²) in [6, 6.07) is 0. The standard InChI is InChI=1S/C10H18INO2.Zn/c1-10(2,3)14-9(13)12-6-4-8(11)5-7-12;/h8H,4-7H2,1-3H3;/q;+2. The van der Waals surface area contributed by atoms with Crippen LogP contribution in [0.4, 0.5) is 4.79 Å². The van der Waals surface area contributed by atoms with Gasteiger partial charge in [-0.1, -0.05) is 22.6 Å². The van der Waals surface area contributed by atoms with Gasteiger partial charge < -0.3 is 9.64 Å². The van der Waals surface area contributed by atoms with E-state index < -0.39 is 0 Å². The van der Waals surface area contributed by atoms with Crippen LogP contribution in [0.2, 0.25) is 0 Å². The zero-order valence-electron chi connectivity index (χ0n) is 9.75. The van der Waals surface area contributed by atoms with Gasteiger partial charge in [-0.2, -0.15) is 0 Å². The Labute approximate surface area is 118 Å². The summed E-state index contributed by atoms with van der Waals surface area (Å²) in [5.74, 6) is 0. The number of carbonyl (C=O) groups excluding carboxylic acids is 1. The molecule has 5 heteroatoms. The number of halogens is 1. The van der Waals surface area contributed by atoms with Crippen LogP contribution in [-0.4, -0.2) is 33.6 Å². The SMILES string of the molecule is CC(C)(C)OC(=O)N1CCC(I)CC1.[Zn+2]. The Morgan fingerprint density at radius 1 is 1.33 bits per heavy atom. The van der Waals surface area contributed by atoms with Crippen LogP contribution in [0.5, 0.6) is 0 Å². The number of alkyl halides is 1. The minimum atomic E-state index is -0.377. The summed E-state index contributed by atoms with van der Waals surface area (Å²) in [5, 5.41) is 0. The van der Waals surface area contributed by atoms with Crippen molar-refractivity contribution in [2.24, 2.45) is 0 Å². The van der Waals surface area contributed by atoms with E-state index in [1.165, 1.54) is 0 Å². The molecule has 0 aromatic rings. The fourth-order valence-electron chi connectivity index (χ4n) is 1.36. The van der Waals surface area contributed by atoms with Crippen molar-refractivity contribution in [1.82, 2.24) is 4.90 Å². The van der Waals surface area contributed by atoms with Crippen LogP contribution in [0.1, 0.15) is 33.6 Å². The van der Waals surface area contributed by atoms with E-state index in [-0.39, 0.29) is 31.2 Å². The second-order valence-corrected chi connectivity index (χ2v) is 6.40. The van der Waals surface area contributed by atoms with Gasteiger partial charge in [0, 0.05) is 17.0 Å². The topological polar surface area (TPSA) is 29.5 Å². The molecule has 82 valence electrons. The second kappa shape index (κ2) is 6.38. The summed E-state index contributed by atoms with van der Waals surface area (Å²) >= 11 is 2.44. The summed E-state index contributed by atoms with van der Waals surface area (Å²) in [6.45, 7) is 7.37. The first kappa shape index (κ1) is 15.6. The molecule has 0 aromatic carbocycles. The van der Waals surface area contributed by atoms with Crippen LogP contribution in [0, 0.1) is 0 Å². The zero-order chi connectivity index (χ0) is 10.8. The number of rotatable bonds is 0. The van der Waals surface area contributed by atoms with Crippen molar-refractivity contribution in [3.63, 3.8) is 0 Å². The predicted molar refractivity (Wildman–Crippen MR) is 64.8 cm³/mol. The van der Waals surface area contributed by atoms with E-state index in [0.717, 1.165) is 25.9 Å². The summed E-state index contributed by atoms with van der Waals surface area (Å²) < 4.78 is 6.01. The van der Waals surface area contributed by atoms with Crippen LogP contribution >= 0.6 is 22.6 Å². The third kappa shape index (κ3) is 6.05. The van der Waals surface area contributed by atoms with Gasteiger partial charge in [-0.15, -0.1) is 0 Å². The summed E-state index contributed by atoms with van der Waals surface area (Å²) in [5.41, 5.74) is -0.377. The molecule has 15 heavy (non-hydrogen) atoms. The van der Waals surface area contributed by atoms with Gasteiger partial charge >= 0.3 is 25.6 Å². The molecule has 1 aliphatic heterocycles. The average molecular weight is 377 g/mol. The molecule has 0 radical (unpaired) electrons. The third-order valence-electron chi connectivity index (χ3n) is 2.08. The Balaban J connectivity index is 0.00000196. The third-order valence-corrected chi connectivity index (χ3v) is 3.32. The number of hydrogen-bond donors (Lipinski definition) is 0. The smallest absolute Gasteiger partial charge is 0.444 e. The van der Waals surface area contributed by atoms with Crippen LogP contribution in [0.25, 0.3) is 0 Å². The number of likely N-dealkylation sites (tertiary alicyclic amines) is 1. The first-order valence-corrected chi connectivity index (χ1v) is 6.25. The van der Waals surface area contributed by atoms with Crippen LogP contribution in [-0.2, 0) is 24.2 Å². The quantitative estimate of drug-likeness (QED) is 0.370. The van der Waals surface area contributed by atoms with Gasteiger partial charge in [0.25, 0.3) is 0 Å². The Morgan fingerprint density at radius 3 is 2.20 bits per heavy atom. The molecule has 1 fully saturated rings. The van der Waals surface area contributed by atoms with Crippen molar-refractivity contribution in [3.8, 4) is 0 Å². The molecule has 0 spiro atoms. The van der Waals surface area contributed by atoms with E-state index in [9.17, 15) is 4.79 Å². The van der Waals surface area contributed by atoms with Gasteiger partial charge in [-0.05, 0) is 33.6 Å². The predicted octanol–water partition coefficient (Wildman–Crippen LogP) is 2.82. The van der Waals surface area contributed by atoms with Crippen LogP contribution in [0.3, 0.4) is 0 Å². The molecule has 0 atom stereocenters. The van der Waals surface area contributed by atoms with E-state index >= 15 is 0 Å². The van der Waals surface area contributed by atoms with E-state index in [1.807, 2.05) is 20.8 Å². The van der Waals surface area contributed by atoms with Crippen molar-refractivity contribution in [1.29, 1.82) is 0 Å². The zero-order valence-corrected chi connectivity index (χ0v) is 14.9. The molecular formula is C10H18INO2Zn+2. The minimum absolute atomic E-state index is 0. The summed E-state index contributed by atoms with van der Waals surface area (Å²) in [4.78, 5) is 13.4. The van der Waals surface area contributed by atoms with Crippen molar-refractivity contribution in [3.05, 3.63) is 0 Å². The van der Waals surface area contributed by atoms with Gasteiger partial charge in [0.2, 0.25) is 0 Å². The molecule has 1 heterocycles. The largest absolute Gasteiger partial charge is 2.00 e. The van der Waals surface area contributed by atoms with Gasteiger partial charge in [0.15, 0.2) is 0 Å². The number of amides is 1. The van der Waals surface area contributed by atoms with Crippen molar-refractivity contribution < 1.29 is 29.0 Å². The average Bonchev–Trinajstić information content (AvgIpc) is 2.02. The molecule has 0 saturated carbocycles. The number of hydrogen-bond acceptors (Lipinski definition) is 2. The molecule has 0 N–H and O–H groups in total. The first-order valence-electron chi connectivity index (χ1n) is 5.00. The molecule has 3 nitrogen and oxygen atoms in total. The maximum Gasteiger partial charge on any atom is 2.00 e. The normalized spacial score (nSPS) is 18.3. The monoisotopic (exact) mass is 375 g/mol. The van der Waals surface area contributed by atoms with Gasteiger partial charge in [-0.3, -0.25) is 0 Å². The van der Waals surface area contributed by atoms with Crippen LogP contribution < -0.4 is 0 Å². The molecular weight excluding hydrogens is 358 g/mol. The number of ether oxygens (including phenoxy) is 1. The fraction of sp³-hybridized carbons (Fsp3) is 0.900. The second-order valence-electron chi connectivity index (χ2n) is 4.64. The maximum atomic E-state index is 11.6. The van der Waals surface area contributed by atoms with E-state index in [1.54, 1.807) is 4.90 Å². The van der Waals surface area contributed by atoms with E-state index in [4.69, 9.17) is 4.74 Å². The van der Waals surface area contributed by atoms with Gasteiger partial charge in [0.1, 0.15) is 5.60 Å². The maximum absolute atomic E-state index is 11.6. The van der Waals surface area contributed by atoms with E-state index in [2.05, 4.69) is 22.6 Å². The molecule has 1 saturated heterocycles. The Bertz CT molecular complexity index is 210. The molecule has 0 aromatic heterocycles. The Morgan fingerprint density at radius 2 is 1.80 bits per heavy atom. The molecule has 1 amide bonds. The molecule has 0 bridgehead atoms. The number of piperidine rings is 1. The van der Waals surface area contributed by atoms with Gasteiger partial charge in [-0.25, -0.2) is 4.79 Å². The summed E-state index contributed by atoms with van der Waals surface area (Å²) in [7, 11) is 0. The van der Waals surface area contributed by atoms with Crippen molar-refractivity contribution >= 4 is 28.7 Å². The van der Waals surface area contributed by atoms with E-state index in [0.29, 0.717) is 3.92 Å². The molecule has 1 rings (SSSR count). The Kier molecular flexibility index (Phi) is 6.65. The number of nitrogens with zero attached hydrogens (tertiary/aromatic N) is 1. The molecule has 0 unspecified atom stereocenters. The molecule has 0 aliphatic carbocycles. The van der Waals surface area contributed by atoms with Crippen molar-refractivity contribution in [2.45, 2.75) is 43.1 Å². The van der Waals surface area contributed by atoms with Gasteiger partial charge in [0.05, 0.1) is 0 Å². The Hall–Kier alpha value is 0.623. The molecule has 1 aliphatic rings. The van der Waals surface area contributed by atoms with Crippen molar-refractivity contribution in [2.75, 3.05) is 13.1 Å². The first-order chi connectivity index (χ1) is 6.38. The van der Waals surface area contributed by atoms with Crippen LogP contribution in [0.15, 0.2) is 0 Å². The number of carbonyl (C=O) groups is 1. The fourth-order valence-corrected chi connectivity index (χ4v) is 1.91. The summed E-state index contributed by atoms with van der Waals surface area (Å²) in [6.07, 6.45) is 2.00. The minimum Gasteiger partial charge on any atom is -0.444 e.